The molecule has 6 rings (SSSR count). The number of rotatable bonds is 5. The lowest BCUT2D eigenvalue weighted by Crippen LogP contribution is -2.50. The summed E-state index contributed by atoms with van der Waals surface area (Å²) in [5.74, 6) is 1.64. The van der Waals surface area contributed by atoms with Crippen LogP contribution in [0.1, 0.15) is 65.5 Å². The van der Waals surface area contributed by atoms with Gasteiger partial charge < -0.3 is 19.6 Å². The van der Waals surface area contributed by atoms with Crippen LogP contribution in [0.3, 0.4) is 0 Å². The second-order valence-electron chi connectivity index (χ2n) is 12.4. The molecule has 2 aliphatic heterocycles. The van der Waals surface area contributed by atoms with Crippen molar-refractivity contribution in [2.24, 2.45) is 11.8 Å². The van der Waals surface area contributed by atoms with Gasteiger partial charge in [-0.1, -0.05) is 19.1 Å². The van der Waals surface area contributed by atoms with E-state index in [0.29, 0.717) is 49.6 Å². The molecule has 214 valence electrons. The van der Waals surface area contributed by atoms with E-state index in [-0.39, 0.29) is 30.3 Å². The van der Waals surface area contributed by atoms with Crippen molar-refractivity contribution in [1.82, 2.24) is 24.5 Å². The summed E-state index contributed by atoms with van der Waals surface area (Å²) in [7, 11) is 1.84. The Bertz CT molecular complexity index is 1330. The molecule has 3 fully saturated rings. The Morgan fingerprint density at radius 1 is 1.00 bits per heavy atom. The van der Waals surface area contributed by atoms with Crippen LogP contribution in [0.2, 0.25) is 0 Å². The van der Waals surface area contributed by atoms with E-state index in [1.165, 1.54) is 16.8 Å². The Morgan fingerprint density at radius 3 is 2.38 bits per heavy atom. The summed E-state index contributed by atoms with van der Waals surface area (Å²) in [6.07, 6.45) is 2.46. The number of anilines is 1. The fraction of sp³-hybridized carbons (Fsp3) is 0.613. The molecule has 9 nitrogen and oxygen atoms in total. The lowest BCUT2D eigenvalue weighted by Gasteiger charge is -2.37. The van der Waals surface area contributed by atoms with Crippen molar-refractivity contribution in [2.75, 3.05) is 51.2 Å². The second kappa shape index (κ2) is 10.2. The average Bonchev–Trinajstić information content (AvgIpc) is 3.25. The monoisotopic (exact) mass is 546 g/mol. The molecule has 9 heteroatoms. The van der Waals surface area contributed by atoms with Crippen LogP contribution in [-0.4, -0.2) is 94.6 Å². The standard InChI is InChI=1S/C31H42N6O3/c1-19-7-6-8-25(20(19)2)34-13-15-35(16-14-34)27(39)18-37-26-17-24-21(3)28(24)29(26)30(32-37)31(40)36-11-9-23(10-12-36)33(5)22(4)38/h6-8,21,23-24,28H,9-18H2,1-5H3. The number of amides is 3. The third-order valence-electron chi connectivity index (χ3n) is 10.3. The molecule has 2 aromatic rings. The summed E-state index contributed by atoms with van der Waals surface area (Å²) in [5, 5.41) is 4.82. The number of fused-ring (bicyclic) bond motifs is 3. The van der Waals surface area contributed by atoms with Gasteiger partial charge in [0.25, 0.3) is 5.91 Å². The number of carbonyl (C=O) groups is 3. The number of aryl methyl sites for hydroxylation is 1. The van der Waals surface area contributed by atoms with E-state index in [1.807, 2.05) is 21.5 Å². The Kier molecular flexibility index (Phi) is 6.87. The molecule has 1 saturated carbocycles. The zero-order valence-electron chi connectivity index (χ0n) is 24.5. The number of hydrogen-bond acceptors (Lipinski definition) is 5. The minimum Gasteiger partial charge on any atom is -0.368 e. The molecule has 3 atom stereocenters. The number of nitrogens with zero attached hydrogens (tertiary/aromatic N) is 6. The maximum atomic E-state index is 13.7. The topological polar surface area (TPSA) is 82.0 Å². The molecule has 3 heterocycles. The minimum absolute atomic E-state index is 0.0201. The minimum atomic E-state index is -0.0201. The average molecular weight is 547 g/mol. The smallest absolute Gasteiger partial charge is 0.274 e. The largest absolute Gasteiger partial charge is 0.368 e. The zero-order valence-corrected chi connectivity index (χ0v) is 24.5. The molecule has 1 aromatic heterocycles. The molecule has 3 amide bonds. The van der Waals surface area contributed by atoms with Gasteiger partial charge in [0.15, 0.2) is 5.69 Å². The van der Waals surface area contributed by atoms with E-state index in [4.69, 9.17) is 5.10 Å². The first-order chi connectivity index (χ1) is 19.2. The number of benzene rings is 1. The Balaban J connectivity index is 1.13. The number of piperidine rings is 1. The molecule has 0 N–H and O–H groups in total. The lowest BCUT2D eigenvalue weighted by molar-refractivity contribution is -0.132. The first kappa shape index (κ1) is 26.8. The highest BCUT2D eigenvalue weighted by molar-refractivity contribution is 5.95. The fourth-order valence-corrected chi connectivity index (χ4v) is 7.29. The van der Waals surface area contributed by atoms with Gasteiger partial charge in [0.1, 0.15) is 6.54 Å². The molecule has 0 radical (unpaired) electrons. The first-order valence-corrected chi connectivity index (χ1v) is 14.9. The van der Waals surface area contributed by atoms with Gasteiger partial charge >= 0.3 is 0 Å². The van der Waals surface area contributed by atoms with Gasteiger partial charge in [0.2, 0.25) is 11.8 Å². The lowest BCUT2D eigenvalue weighted by atomic mass is 10.0. The maximum Gasteiger partial charge on any atom is 0.274 e. The summed E-state index contributed by atoms with van der Waals surface area (Å²) >= 11 is 0. The van der Waals surface area contributed by atoms with Gasteiger partial charge in [-0.05, 0) is 68.1 Å². The summed E-state index contributed by atoms with van der Waals surface area (Å²) in [5.41, 5.74) is 6.58. The van der Waals surface area contributed by atoms with Crippen LogP contribution in [0.4, 0.5) is 5.69 Å². The van der Waals surface area contributed by atoms with Crippen molar-refractivity contribution in [3.8, 4) is 0 Å². The van der Waals surface area contributed by atoms with Crippen molar-refractivity contribution in [3.63, 3.8) is 0 Å². The molecule has 40 heavy (non-hydrogen) atoms. The third kappa shape index (κ3) is 4.57. The molecule has 2 saturated heterocycles. The fourth-order valence-electron chi connectivity index (χ4n) is 7.29. The van der Waals surface area contributed by atoms with Crippen molar-refractivity contribution < 1.29 is 14.4 Å². The van der Waals surface area contributed by atoms with Gasteiger partial charge in [0, 0.05) is 76.2 Å². The number of likely N-dealkylation sites (tertiary alicyclic amines) is 1. The van der Waals surface area contributed by atoms with Gasteiger partial charge in [-0.15, -0.1) is 0 Å². The van der Waals surface area contributed by atoms with Crippen LogP contribution in [-0.2, 0) is 22.6 Å². The highest BCUT2D eigenvalue weighted by atomic mass is 16.2. The van der Waals surface area contributed by atoms with E-state index >= 15 is 0 Å². The van der Waals surface area contributed by atoms with Crippen LogP contribution in [0.15, 0.2) is 18.2 Å². The number of hydrogen-bond donors (Lipinski definition) is 0. The Labute approximate surface area is 237 Å². The molecule has 2 aliphatic carbocycles. The SMILES string of the molecule is CC(=O)N(C)C1CCN(C(=O)c2nn(CC(=O)N3CCN(c4cccc(C)c4C)CC3)c3c2C2C(C)C2C3)CC1. The molecule has 4 aliphatic rings. The van der Waals surface area contributed by atoms with E-state index in [1.54, 1.807) is 11.8 Å². The normalized spacial score (nSPS) is 24.1. The molecular formula is C31H42N6O3. The van der Waals surface area contributed by atoms with Crippen LogP contribution < -0.4 is 4.90 Å². The van der Waals surface area contributed by atoms with Crippen LogP contribution in [0, 0.1) is 25.7 Å². The van der Waals surface area contributed by atoms with Crippen molar-refractivity contribution in [1.29, 1.82) is 0 Å². The van der Waals surface area contributed by atoms with Gasteiger partial charge in [-0.2, -0.15) is 5.10 Å². The van der Waals surface area contributed by atoms with Crippen LogP contribution in [0.25, 0.3) is 0 Å². The molecule has 0 spiro atoms. The predicted octanol–water partition coefficient (Wildman–Crippen LogP) is 2.84. The van der Waals surface area contributed by atoms with E-state index in [0.717, 1.165) is 43.6 Å². The highest BCUT2D eigenvalue weighted by Gasteiger charge is 2.56. The number of carbonyl (C=O) groups excluding carboxylic acids is 3. The van der Waals surface area contributed by atoms with E-state index in [9.17, 15) is 14.4 Å². The maximum absolute atomic E-state index is 13.7. The predicted molar refractivity (Wildman–Crippen MR) is 153 cm³/mol. The van der Waals surface area contributed by atoms with E-state index in [2.05, 4.69) is 43.9 Å². The highest BCUT2D eigenvalue weighted by Crippen LogP contribution is 2.62. The van der Waals surface area contributed by atoms with Crippen LogP contribution >= 0.6 is 0 Å². The summed E-state index contributed by atoms with van der Waals surface area (Å²) < 4.78 is 1.84. The van der Waals surface area contributed by atoms with Crippen molar-refractivity contribution in [2.45, 2.75) is 65.5 Å². The summed E-state index contributed by atoms with van der Waals surface area (Å²) in [4.78, 5) is 47.0. The van der Waals surface area contributed by atoms with Crippen molar-refractivity contribution >= 4 is 23.4 Å². The van der Waals surface area contributed by atoms with Crippen LogP contribution in [0.5, 0.6) is 0 Å². The second-order valence-corrected chi connectivity index (χ2v) is 12.4. The zero-order chi connectivity index (χ0) is 28.3. The molecule has 3 unspecified atom stereocenters. The van der Waals surface area contributed by atoms with Gasteiger partial charge in [-0.25, -0.2) is 0 Å². The van der Waals surface area contributed by atoms with Crippen molar-refractivity contribution in [3.05, 3.63) is 46.3 Å². The first-order valence-electron chi connectivity index (χ1n) is 14.9. The summed E-state index contributed by atoms with van der Waals surface area (Å²) in [6, 6.07) is 6.58. The van der Waals surface area contributed by atoms with Gasteiger partial charge in [0.05, 0.1) is 0 Å². The number of piperazine rings is 1. The summed E-state index contributed by atoms with van der Waals surface area (Å²) in [6.45, 7) is 12.6. The van der Waals surface area contributed by atoms with Gasteiger partial charge in [-0.3, -0.25) is 19.1 Å². The Hall–Kier alpha value is -3.36. The third-order valence-corrected chi connectivity index (χ3v) is 10.3. The Morgan fingerprint density at radius 2 is 1.70 bits per heavy atom. The van der Waals surface area contributed by atoms with E-state index < -0.39 is 0 Å². The quantitative estimate of drug-likeness (QED) is 0.576. The molecule has 1 aromatic carbocycles. The number of aromatic nitrogens is 2. The molecular weight excluding hydrogens is 504 g/mol. The molecule has 0 bridgehead atoms.